The van der Waals surface area contributed by atoms with Crippen LogP contribution >= 0.6 is 0 Å². The van der Waals surface area contributed by atoms with Crippen molar-refractivity contribution in [1.82, 2.24) is 9.88 Å². The molecule has 3 heterocycles. The minimum absolute atomic E-state index is 0.00286. The summed E-state index contributed by atoms with van der Waals surface area (Å²) in [6.07, 6.45) is 0.889. The predicted octanol–water partition coefficient (Wildman–Crippen LogP) is 15.7. The lowest BCUT2D eigenvalue weighted by Gasteiger charge is -2.31. The second-order valence-electron chi connectivity index (χ2n) is 20.2. The molecular weight excluding hydrogens is 885 g/mol. The van der Waals surface area contributed by atoms with E-state index < -0.39 is 0 Å². The standard InChI is InChI=1S/C70H46N2O/c1-2-62-69(54-27-8-7-26-53(54)68(71-62)45-34-36-61-55(40-45)50-24-11-15-31-60(50)70(61)58-29-13-9-22-48(58)49-23-10-14-30-59(49)70)72-63-32-17-28-52(67(63)57-38-42-18-3-4-19-43(42)41-64(57)72)47-21-6-5-20-46(47)44-35-37-66-56(39-44)51-25-12-16-33-65(51)73-66/h3-41,62,71H,2H2,1H3. The molecule has 0 saturated carbocycles. The van der Waals surface area contributed by atoms with Crippen molar-refractivity contribution < 1.29 is 4.42 Å². The van der Waals surface area contributed by atoms with Gasteiger partial charge in [0.15, 0.2) is 0 Å². The van der Waals surface area contributed by atoms with Gasteiger partial charge in [-0.15, -0.1) is 0 Å². The first-order chi connectivity index (χ1) is 36.2. The van der Waals surface area contributed by atoms with Gasteiger partial charge in [0, 0.05) is 37.7 Å². The zero-order valence-electron chi connectivity index (χ0n) is 40.2. The second-order valence-corrected chi connectivity index (χ2v) is 20.2. The van der Waals surface area contributed by atoms with Crippen LogP contribution in [0.25, 0.3) is 110 Å². The van der Waals surface area contributed by atoms with Crippen LogP contribution in [0, 0.1) is 0 Å². The minimum atomic E-state index is -0.379. The number of aromatic nitrogens is 1. The Morgan fingerprint density at radius 3 is 1.74 bits per heavy atom. The maximum absolute atomic E-state index is 6.29. The summed E-state index contributed by atoms with van der Waals surface area (Å²) in [4.78, 5) is 0. The Bertz CT molecular complexity index is 4610. The van der Waals surface area contributed by atoms with Crippen LogP contribution in [0.2, 0.25) is 0 Å². The summed E-state index contributed by atoms with van der Waals surface area (Å²) in [7, 11) is 0. The van der Waals surface area contributed by atoms with Gasteiger partial charge in [-0.1, -0.05) is 201 Å². The highest BCUT2D eigenvalue weighted by Gasteiger charge is 2.51. The Hall–Kier alpha value is -9.18. The fourth-order valence-electron chi connectivity index (χ4n) is 13.6. The van der Waals surface area contributed by atoms with Crippen LogP contribution in [0.15, 0.2) is 241 Å². The molecule has 1 N–H and O–H groups in total. The van der Waals surface area contributed by atoms with Gasteiger partial charge in [0.25, 0.3) is 0 Å². The maximum Gasteiger partial charge on any atom is 0.135 e. The highest BCUT2D eigenvalue weighted by Crippen LogP contribution is 2.63. The van der Waals surface area contributed by atoms with Crippen molar-refractivity contribution in [2.24, 2.45) is 0 Å². The first kappa shape index (κ1) is 40.5. The van der Waals surface area contributed by atoms with Crippen LogP contribution in [0.3, 0.4) is 0 Å². The van der Waals surface area contributed by atoms with E-state index in [0.717, 1.165) is 33.9 Å². The second kappa shape index (κ2) is 15.2. The average molecular weight is 931 g/mol. The average Bonchev–Trinajstić information content (AvgIpc) is 4.18. The molecule has 2 aliphatic carbocycles. The summed E-state index contributed by atoms with van der Waals surface area (Å²) in [5.41, 5.74) is 22.9. The van der Waals surface area contributed by atoms with Gasteiger partial charge in [-0.2, -0.15) is 0 Å². The van der Waals surface area contributed by atoms with E-state index in [2.05, 4.69) is 247 Å². The molecule has 13 aromatic rings. The molecule has 0 bridgehead atoms. The summed E-state index contributed by atoms with van der Waals surface area (Å²) >= 11 is 0. The van der Waals surface area contributed by atoms with Crippen LogP contribution < -0.4 is 15.8 Å². The molecule has 342 valence electrons. The molecular formula is C70H46N2O. The van der Waals surface area contributed by atoms with Crippen molar-refractivity contribution in [3.05, 3.63) is 275 Å². The molecule has 0 fully saturated rings. The van der Waals surface area contributed by atoms with Gasteiger partial charge in [-0.25, -0.2) is 0 Å². The van der Waals surface area contributed by atoms with Gasteiger partial charge >= 0.3 is 0 Å². The van der Waals surface area contributed by atoms with Crippen LogP contribution in [-0.4, -0.2) is 10.6 Å². The molecule has 0 amide bonds. The third-order valence-electron chi connectivity index (χ3n) is 16.6. The number of hydrogen-bond acceptors (Lipinski definition) is 2. The van der Waals surface area contributed by atoms with Crippen LogP contribution in [0.1, 0.15) is 41.2 Å². The largest absolute Gasteiger partial charge is 0.456 e. The van der Waals surface area contributed by atoms with E-state index in [1.165, 1.54) is 121 Å². The lowest BCUT2D eigenvalue weighted by atomic mass is 9.70. The molecule has 3 aliphatic rings. The highest BCUT2D eigenvalue weighted by molar-refractivity contribution is 6.20. The SMILES string of the molecule is CCC1NC(c2ccc3c(c2)-c2ccccc2C32c3ccccc3-c3ccccc32)=c2ccccc2=C1n1c2cc3ccccc3cc2c2c(-c3ccccc3-c3ccc4oc5ccccc5c4c3)cccc21. The zero-order chi connectivity index (χ0) is 47.9. The molecule has 11 aromatic carbocycles. The molecule has 2 aromatic heterocycles. The van der Waals surface area contributed by atoms with E-state index in [0.29, 0.717) is 0 Å². The number of rotatable bonds is 5. The number of nitrogens with one attached hydrogen (secondary N) is 1. The lowest BCUT2D eigenvalue weighted by molar-refractivity contribution is 0.669. The van der Waals surface area contributed by atoms with Crippen LogP contribution in [0.5, 0.6) is 0 Å². The van der Waals surface area contributed by atoms with Gasteiger partial charge in [-0.3, -0.25) is 0 Å². The Balaban J connectivity index is 0.941. The Kier molecular flexibility index (Phi) is 8.42. The van der Waals surface area contributed by atoms with Gasteiger partial charge in [-0.05, 0) is 132 Å². The van der Waals surface area contributed by atoms with Gasteiger partial charge in [0.2, 0.25) is 0 Å². The van der Waals surface area contributed by atoms with Gasteiger partial charge in [0.05, 0.1) is 28.2 Å². The number of furan rings is 1. The fourth-order valence-corrected chi connectivity index (χ4v) is 13.6. The molecule has 3 nitrogen and oxygen atoms in total. The first-order valence-corrected chi connectivity index (χ1v) is 25.7. The summed E-state index contributed by atoms with van der Waals surface area (Å²) < 4.78 is 8.89. The molecule has 16 rings (SSSR count). The molecule has 0 radical (unpaired) electrons. The number of hydrogen-bond donors (Lipinski definition) is 1. The normalized spacial score (nSPS) is 15.0. The van der Waals surface area contributed by atoms with E-state index in [1.54, 1.807) is 0 Å². The summed E-state index contributed by atoms with van der Waals surface area (Å²) in [5, 5.41) is 13.9. The van der Waals surface area contributed by atoms with E-state index >= 15 is 0 Å². The van der Waals surface area contributed by atoms with E-state index in [4.69, 9.17) is 4.42 Å². The smallest absolute Gasteiger partial charge is 0.135 e. The zero-order valence-corrected chi connectivity index (χ0v) is 40.2. The molecule has 1 unspecified atom stereocenters. The Morgan fingerprint density at radius 2 is 0.986 bits per heavy atom. The van der Waals surface area contributed by atoms with Gasteiger partial charge < -0.3 is 14.3 Å². The lowest BCUT2D eigenvalue weighted by Crippen LogP contribution is -2.47. The van der Waals surface area contributed by atoms with Crippen molar-refractivity contribution in [3.8, 4) is 44.5 Å². The van der Waals surface area contributed by atoms with E-state index in [9.17, 15) is 0 Å². The van der Waals surface area contributed by atoms with Crippen molar-refractivity contribution in [2.45, 2.75) is 24.8 Å². The fraction of sp³-hybridized carbons (Fsp3) is 0.0571. The number of fused-ring (bicyclic) bond motifs is 18. The maximum atomic E-state index is 6.29. The number of nitrogens with zero attached hydrogens (tertiary/aromatic N) is 1. The van der Waals surface area contributed by atoms with Crippen molar-refractivity contribution in [1.29, 1.82) is 0 Å². The molecule has 73 heavy (non-hydrogen) atoms. The van der Waals surface area contributed by atoms with Crippen molar-refractivity contribution in [2.75, 3.05) is 0 Å². The van der Waals surface area contributed by atoms with E-state index in [-0.39, 0.29) is 11.5 Å². The quantitative estimate of drug-likeness (QED) is 0.186. The molecule has 1 aliphatic heterocycles. The minimum Gasteiger partial charge on any atom is -0.456 e. The molecule has 3 heteroatoms. The Morgan fingerprint density at radius 1 is 0.411 bits per heavy atom. The van der Waals surface area contributed by atoms with Gasteiger partial charge in [0.1, 0.15) is 11.2 Å². The third-order valence-corrected chi connectivity index (χ3v) is 16.6. The van der Waals surface area contributed by atoms with Crippen LogP contribution in [-0.2, 0) is 5.41 Å². The number of para-hydroxylation sites is 1. The Labute approximate surface area is 422 Å². The number of benzene rings is 11. The van der Waals surface area contributed by atoms with Crippen LogP contribution in [0.4, 0.5) is 0 Å². The third kappa shape index (κ3) is 5.49. The summed E-state index contributed by atoms with van der Waals surface area (Å²) in [6, 6.07) is 88.1. The summed E-state index contributed by atoms with van der Waals surface area (Å²) in [6.45, 7) is 2.33. The highest BCUT2D eigenvalue weighted by atomic mass is 16.3. The van der Waals surface area contributed by atoms with Crippen molar-refractivity contribution in [3.63, 3.8) is 0 Å². The molecule has 1 atom stereocenters. The topological polar surface area (TPSA) is 30.1 Å². The monoisotopic (exact) mass is 930 g/mol. The molecule has 0 saturated heterocycles. The van der Waals surface area contributed by atoms with Crippen molar-refractivity contribution >= 4 is 65.9 Å². The molecule has 1 spiro atoms. The predicted molar refractivity (Wildman–Crippen MR) is 302 cm³/mol. The summed E-state index contributed by atoms with van der Waals surface area (Å²) in [5.74, 6) is 0. The van der Waals surface area contributed by atoms with E-state index in [1.807, 2.05) is 6.07 Å². The first-order valence-electron chi connectivity index (χ1n) is 25.7.